The van der Waals surface area contributed by atoms with Gasteiger partial charge in [-0.2, -0.15) is 0 Å². The maximum Gasteiger partial charge on any atom is 0.0702 e. The second-order valence-corrected chi connectivity index (χ2v) is 4.96. The average molecular weight is 242 g/mol. The van der Waals surface area contributed by atoms with E-state index in [-0.39, 0.29) is 6.61 Å². The summed E-state index contributed by atoms with van der Waals surface area (Å²) in [6, 6.07) is 6.07. The molecule has 1 aromatic rings. The third kappa shape index (κ3) is 2.89. The van der Waals surface area contributed by atoms with E-state index in [4.69, 9.17) is 11.6 Å². The number of hydrogen-bond acceptors (Lipinski definition) is 2. The monoisotopic (exact) mass is 241 g/mol. The lowest BCUT2D eigenvalue weighted by atomic mass is 10.0. The minimum Gasteiger partial charge on any atom is -0.392 e. The van der Waals surface area contributed by atoms with Gasteiger partial charge in [-0.1, -0.05) is 25.4 Å². The predicted molar refractivity (Wildman–Crippen MR) is 70.1 cm³/mol. The van der Waals surface area contributed by atoms with Crippen molar-refractivity contribution in [2.45, 2.75) is 33.4 Å². The Morgan fingerprint density at radius 1 is 1.31 bits per heavy atom. The van der Waals surface area contributed by atoms with E-state index in [1.54, 1.807) is 0 Å². The van der Waals surface area contributed by atoms with Crippen LogP contribution in [-0.4, -0.2) is 18.2 Å². The number of hydrogen-bond donors (Lipinski definition) is 1. The summed E-state index contributed by atoms with van der Waals surface area (Å²) in [5.41, 5.74) is 1.93. The number of halogens is 1. The van der Waals surface area contributed by atoms with Gasteiger partial charge in [0.1, 0.15) is 0 Å². The van der Waals surface area contributed by atoms with Crippen molar-refractivity contribution < 1.29 is 5.11 Å². The largest absolute Gasteiger partial charge is 0.392 e. The highest BCUT2D eigenvalue weighted by Gasteiger charge is 2.16. The third-order valence-corrected chi connectivity index (χ3v) is 3.40. The van der Waals surface area contributed by atoms with Crippen LogP contribution < -0.4 is 4.90 Å². The van der Waals surface area contributed by atoms with Gasteiger partial charge in [0.25, 0.3) is 0 Å². The summed E-state index contributed by atoms with van der Waals surface area (Å²) in [6.07, 6.45) is 0. The van der Waals surface area contributed by atoms with Crippen LogP contribution in [-0.2, 0) is 6.61 Å². The molecule has 0 aliphatic heterocycles. The lowest BCUT2D eigenvalue weighted by molar-refractivity contribution is 0.281. The first-order valence-corrected chi connectivity index (χ1v) is 5.97. The SMILES string of the molecule is CC(C)C(C)N(C)c1ccc(Cl)cc1CO. The summed E-state index contributed by atoms with van der Waals surface area (Å²) >= 11 is 5.91. The maximum absolute atomic E-state index is 9.33. The molecule has 0 radical (unpaired) electrons. The zero-order valence-corrected chi connectivity index (χ0v) is 11.1. The van der Waals surface area contributed by atoms with Gasteiger partial charge in [-0.05, 0) is 31.0 Å². The van der Waals surface area contributed by atoms with Crippen LogP contribution in [0.1, 0.15) is 26.3 Å². The molecule has 0 heterocycles. The molecular weight excluding hydrogens is 222 g/mol. The minimum atomic E-state index is 0.0189. The Morgan fingerprint density at radius 3 is 2.44 bits per heavy atom. The molecule has 0 fully saturated rings. The van der Waals surface area contributed by atoms with Crippen molar-refractivity contribution in [3.63, 3.8) is 0 Å². The third-order valence-electron chi connectivity index (χ3n) is 3.17. The molecule has 0 saturated heterocycles. The zero-order chi connectivity index (χ0) is 12.3. The summed E-state index contributed by atoms with van der Waals surface area (Å²) in [6.45, 7) is 6.58. The van der Waals surface area contributed by atoms with Crippen LogP contribution in [0.25, 0.3) is 0 Å². The van der Waals surface area contributed by atoms with Gasteiger partial charge in [0.05, 0.1) is 6.61 Å². The Bertz CT molecular complexity index is 352. The molecule has 0 amide bonds. The van der Waals surface area contributed by atoms with E-state index in [1.165, 1.54) is 0 Å². The molecule has 3 heteroatoms. The zero-order valence-electron chi connectivity index (χ0n) is 10.4. The van der Waals surface area contributed by atoms with Gasteiger partial charge in [0, 0.05) is 29.4 Å². The Kier molecular flexibility index (Phi) is 4.63. The molecule has 90 valence electrons. The Hall–Kier alpha value is -0.730. The molecule has 0 aliphatic carbocycles. The molecule has 1 rings (SSSR count). The number of benzene rings is 1. The molecule has 16 heavy (non-hydrogen) atoms. The normalized spacial score (nSPS) is 12.9. The molecule has 1 unspecified atom stereocenters. The van der Waals surface area contributed by atoms with Crippen molar-refractivity contribution in [1.82, 2.24) is 0 Å². The second kappa shape index (κ2) is 5.55. The first-order valence-electron chi connectivity index (χ1n) is 5.59. The van der Waals surface area contributed by atoms with E-state index < -0.39 is 0 Å². The Labute approximate surface area is 103 Å². The minimum absolute atomic E-state index is 0.0189. The highest BCUT2D eigenvalue weighted by atomic mass is 35.5. The molecule has 0 saturated carbocycles. The van der Waals surface area contributed by atoms with Gasteiger partial charge < -0.3 is 10.0 Å². The molecular formula is C13H20ClNO. The summed E-state index contributed by atoms with van der Waals surface area (Å²) in [5, 5.41) is 9.99. The smallest absolute Gasteiger partial charge is 0.0702 e. The van der Waals surface area contributed by atoms with E-state index in [0.717, 1.165) is 11.3 Å². The standard InChI is InChI=1S/C13H20ClNO/c1-9(2)10(3)15(4)13-6-5-12(14)7-11(13)8-16/h5-7,9-10,16H,8H2,1-4H3. The van der Waals surface area contributed by atoms with Crippen LogP contribution in [0.15, 0.2) is 18.2 Å². The van der Waals surface area contributed by atoms with E-state index >= 15 is 0 Å². The van der Waals surface area contributed by atoms with Crippen LogP contribution in [0.4, 0.5) is 5.69 Å². The molecule has 1 N–H and O–H groups in total. The van der Waals surface area contributed by atoms with Gasteiger partial charge in [-0.15, -0.1) is 0 Å². The van der Waals surface area contributed by atoms with Crippen molar-refractivity contribution in [2.24, 2.45) is 5.92 Å². The van der Waals surface area contributed by atoms with E-state index in [9.17, 15) is 5.11 Å². The second-order valence-electron chi connectivity index (χ2n) is 4.53. The summed E-state index contributed by atoms with van der Waals surface area (Å²) in [4.78, 5) is 2.19. The summed E-state index contributed by atoms with van der Waals surface area (Å²) in [7, 11) is 2.05. The quantitative estimate of drug-likeness (QED) is 0.874. The van der Waals surface area contributed by atoms with Crippen molar-refractivity contribution in [3.05, 3.63) is 28.8 Å². The number of anilines is 1. The number of aliphatic hydroxyl groups excluding tert-OH is 1. The van der Waals surface area contributed by atoms with Crippen LogP contribution in [0.3, 0.4) is 0 Å². The van der Waals surface area contributed by atoms with Crippen molar-refractivity contribution >= 4 is 17.3 Å². The van der Waals surface area contributed by atoms with Gasteiger partial charge in [0.2, 0.25) is 0 Å². The average Bonchev–Trinajstić information content (AvgIpc) is 2.26. The fourth-order valence-electron chi connectivity index (χ4n) is 1.69. The fraction of sp³-hybridized carbons (Fsp3) is 0.538. The molecule has 0 bridgehead atoms. The fourth-order valence-corrected chi connectivity index (χ4v) is 1.89. The maximum atomic E-state index is 9.33. The van der Waals surface area contributed by atoms with Crippen molar-refractivity contribution in [1.29, 1.82) is 0 Å². The summed E-state index contributed by atoms with van der Waals surface area (Å²) < 4.78 is 0. The highest BCUT2D eigenvalue weighted by molar-refractivity contribution is 6.30. The van der Waals surface area contributed by atoms with Crippen LogP contribution in [0.2, 0.25) is 5.02 Å². The van der Waals surface area contributed by atoms with E-state index in [1.807, 2.05) is 25.2 Å². The lowest BCUT2D eigenvalue weighted by Gasteiger charge is -2.31. The van der Waals surface area contributed by atoms with Crippen LogP contribution in [0.5, 0.6) is 0 Å². The van der Waals surface area contributed by atoms with Gasteiger partial charge in [-0.3, -0.25) is 0 Å². The lowest BCUT2D eigenvalue weighted by Crippen LogP contribution is -2.33. The van der Waals surface area contributed by atoms with Crippen LogP contribution >= 0.6 is 11.6 Å². The first kappa shape index (κ1) is 13.3. The first-order chi connectivity index (χ1) is 7.47. The van der Waals surface area contributed by atoms with Gasteiger partial charge in [-0.25, -0.2) is 0 Å². The van der Waals surface area contributed by atoms with Crippen molar-refractivity contribution in [3.8, 4) is 0 Å². The molecule has 0 aliphatic rings. The molecule has 1 atom stereocenters. The van der Waals surface area contributed by atoms with Crippen LogP contribution in [0, 0.1) is 5.92 Å². The highest BCUT2D eigenvalue weighted by Crippen LogP contribution is 2.26. The number of rotatable bonds is 4. The Balaban J connectivity index is 3.03. The predicted octanol–water partition coefficient (Wildman–Crippen LogP) is 3.31. The van der Waals surface area contributed by atoms with Gasteiger partial charge >= 0.3 is 0 Å². The number of aliphatic hydroxyl groups is 1. The number of nitrogens with zero attached hydrogens (tertiary/aromatic N) is 1. The molecule has 0 aromatic heterocycles. The van der Waals surface area contributed by atoms with E-state index in [2.05, 4.69) is 25.7 Å². The molecule has 1 aromatic carbocycles. The molecule has 0 spiro atoms. The molecule has 2 nitrogen and oxygen atoms in total. The van der Waals surface area contributed by atoms with Crippen molar-refractivity contribution in [2.75, 3.05) is 11.9 Å². The van der Waals surface area contributed by atoms with Gasteiger partial charge in [0.15, 0.2) is 0 Å². The topological polar surface area (TPSA) is 23.5 Å². The Morgan fingerprint density at radius 2 is 1.94 bits per heavy atom. The summed E-state index contributed by atoms with van der Waals surface area (Å²) in [5.74, 6) is 0.562. The van der Waals surface area contributed by atoms with E-state index in [0.29, 0.717) is 17.0 Å².